The largest absolute Gasteiger partial charge is 0.356 e. The fraction of sp³-hybridized carbons (Fsp3) is 0.278. The molecule has 0 aliphatic heterocycles. The smallest absolute Gasteiger partial charge is 0.292 e. The Labute approximate surface area is 658 Å². The minimum atomic E-state index is -1.25. The lowest BCUT2D eigenvalue weighted by Gasteiger charge is -2.18. The summed E-state index contributed by atoms with van der Waals surface area (Å²) in [6.45, 7) is 2.65. The lowest BCUT2D eigenvalue weighted by atomic mass is 9.90. The van der Waals surface area contributed by atoms with E-state index in [1.165, 1.54) is 119 Å². The highest BCUT2D eigenvalue weighted by atomic mass is 16.2. The number of carbonyl (C=O) groups excluding carboxylic acids is 12. The first-order valence-corrected chi connectivity index (χ1v) is 36.7. The molecule has 0 fully saturated rings. The Bertz CT molecular complexity index is 5800. The van der Waals surface area contributed by atoms with Gasteiger partial charge in [0.2, 0.25) is 41.1 Å². The number of nitrogens with one attached hydrogen (secondary N) is 12. The van der Waals surface area contributed by atoms with Gasteiger partial charge in [-0.3, -0.25) is 57.5 Å². The van der Waals surface area contributed by atoms with Crippen molar-refractivity contribution >= 4 is 149 Å². The summed E-state index contributed by atoms with van der Waals surface area (Å²) in [7, 11) is 16.6. The van der Waals surface area contributed by atoms with Crippen LogP contribution in [0.3, 0.4) is 0 Å². The minimum Gasteiger partial charge on any atom is -0.356 e. The second-order valence-electron chi connectivity index (χ2n) is 28.3. The SMILES string of the molecule is CC(=O)Nc1cn(C)c(C(=O)Nc2cn(C)c(C(=O)Nc3cc(C(=O)Nc4cc(C(=O)NCC[C@@H](NC(=O)CCCc5ccc6ccc7cccc8ccc5c6c78)C(=O)Nc5cn(C)c(C(=O)Nc6cc(C(=O)Nc7cc(C(=O)Nc8cc(C(=O)NCCC(=O)NCCCN(C)C)n(C)c8)n(C)c7)n(C)c6)n5)n(C)c4)n(C)c3)n2)n1. The predicted octanol–water partition coefficient (Wildman–Crippen LogP) is 6.40. The number of rotatable bonds is 32. The topological polar surface area (TPSA) is 431 Å². The Hall–Kier alpha value is -14.5. The minimum absolute atomic E-state index is 0.0247. The van der Waals surface area contributed by atoms with Crippen LogP contribution in [-0.2, 0) is 82.0 Å². The highest BCUT2D eigenvalue weighted by molar-refractivity contribution is 6.23. The lowest BCUT2D eigenvalue weighted by Crippen LogP contribution is -2.45. The van der Waals surface area contributed by atoms with E-state index < -0.39 is 65.1 Å². The Kier molecular flexibility index (Phi) is 24.0. The zero-order valence-electron chi connectivity index (χ0n) is 65.1. The van der Waals surface area contributed by atoms with Gasteiger partial charge in [0.25, 0.3) is 47.3 Å². The second kappa shape index (κ2) is 34.4. The third-order valence-corrected chi connectivity index (χ3v) is 19.1. The van der Waals surface area contributed by atoms with Crippen LogP contribution < -0.4 is 63.8 Å². The standard InChI is InChI=1S/C79H88N24O12/c1-44(104)83-61-41-101(9)70(90-61)79(115)94-63-43-103(11)69(92-63)78(114)88-53-34-59(99(7)40-53)75(111)85-49-31-56(96(4)36-49)72(108)81-28-25-55(89-65(106)18-13-15-45-19-20-48-22-21-46-16-12-17-47-23-24-54(45)67(48)66(46)47)71(107)93-62-42-102(10)68(91-62)77(113)87-52-35-60(100(8)39-52)76(112)86-51-33-58(98(6)38-51)74(110)84-50-32-57(97(5)37-50)73(109)82-29-26-64(105)80-27-14-30-95(2)3/h12,16-17,19-24,31-43,55H,13-15,18,25-30H2,1-11H3,(H,80,105)(H,81,108)(H,82,109)(H,83,104)(H,84,110)(H,85,111)(H,86,112)(H,87,113)(H,88,114)(H,89,106)(H,93,107)(H,94,115)/t55-/m1/s1. The van der Waals surface area contributed by atoms with Crippen molar-refractivity contribution in [3.63, 3.8) is 0 Å². The molecule has 0 unspecified atom stereocenters. The van der Waals surface area contributed by atoms with Gasteiger partial charge in [-0.1, -0.05) is 54.6 Å². The number of amides is 12. The number of benzene rings is 4. The van der Waals surface area contributed by atoms with Gasteiger partial charge in [0.05, 0.1) is 28.4 Å². The maximum atomic E-state index is 14.4. The molecule has 8 heterocycles. The molecule has 596 valence electrons. The van der Waals surface area contributed by atoms with Gasteiger partial charge in [-0.15, -0.1) is 0 Å². The molecule has 115 heavy (non-hydrogen) atoms. The van der Waals surface area contributed by atoms with Crippen LogP contribution in [-0.4, -0.2) is 174 Å². The zero-order valence-corrected chi connectivity index (χ0v) is 65.1. The van der Waals surface area contributed by atoms with E-state index in [-0.39, 0.29) is 130 Å². The normalized spacial score (nSPS) is 11.5. The molecule has 0 aliphatic carbocycles. The highest BCUT2D eigenvalue weighted by Crippen LogP contribution is 2.37. The van der Waals surface area contributed by atoms with Gasteiger partial charge in [0, 0.05) is 145 Å². The molecule has 0 aliphatic rings. The number of aromatic nitrogens is 11. The quantitative estimate of drug-likeness (QED) is 0.0160. The number of aryl methyl sites for hydroxylation is 9. The van der Waals surface area contributed by atoms with Crippen LogP contribution in [0.5, 0.6) is 0 Å². The molecule has 8 aromatic heterocycles. The molecule has 36 heteroatoms. The zero-order chi connectivity index (χ0) is 82.2. The van der Waals surface area contributed by atoms with Crippen LogP contribution in [0, 0.1) is 0 Å². The summed E-state index contributed by atoms with van der Waals surface area (Å²) in [4.78, 5) is 176. The molecule has 0 saturated carbocycles. The van der Waals surface area contributed by atoms with E-state index in [9.17, 15) is 57.5 Å². The van der Waals surface area contributed by atoms with Crippen LogP contribution in [0.1, 0.15) is 129 Å². The molecule has 0 radical (unpaired) electrons. The van der Waals surface area contributed by atoms with Crippen molar-refractivity contribution in [2.24, 2.45) is 56.4 Å². The van der Waals surface area contributed by atoms with Gasteiger partial charge in [0.1, 0.15) is 34.5 Å². The Morgan fingerprint density at radius 3 is 1.24 bits per heavy atom. The Morgan fingerprint density at radius 2 is 0.783 bits per heavy atom. The lowest BCUT2D eigenvalue weighted by molar-refractivity contribution is -0.126. The van der Waals surface area contributed by atoms with E-state index in [1.807, 2.05) is 25.1 Å². The summed E-state index contributed by atoms with van der Waals surface area (Å²) >= 11 is 0. The van der Waals surface area contributed by atoms with Gasteiger partial charge < -0.3 is 105 Å². The van der Waals surface area contributed by atoms with E-state index in [4.69, 9.17) is 0 Å². The summed E-state index contributed by atoms with van der Waals surface area (Å²) < 4.78 is 11.7. The summed E-state index contributed by atoms with van der Waals surface area (Å²) in [5.41, 5.74) is 3.17. The van der Waals surface area contributed by atoms with E-state index in [0.717, 1.165) is 45.5 Å². The van der Waals surface area contributed by atoms with E-state index in [0.29, 0.717) is 25.1 Å². The van der Waals surface area contributed by atoms with Gasteiger partial charge in [-0.2, -0.15) is 0 Å². The van der Waals surface area contributed by atoms with Crippen molar-refractivity contribution in [3.8, 4) is 0 Å². The van der Waals surface area contributed by atoms with Crippen molar-refractivity contribution in [1.29, 1.82) is 0 Å². The van der Waals surface area contributed by atoms with Crippen LogP contribution in [0.15, 0.2) is 135 Å². The van der Waals surface area contributed by atoms with E-state index in [1.54, 1.807) is 66.3 Å². The second-order valence-corrected chi connectivity index (χ2v) is 28.3. The molecule has 36 nitrogen and oxygen atoms in total. The molecule has 0 bridgehead atoms. The maximum absolute atomic E-state index is 14.4. The molecule has 12 aromatic rings. The molecule has 12 rings (SSSR count). The third-order valence-electron chi connectivity index (χ3n) is 19.1. The van der Waals surface area contributed by atoms with Gasteiger partial charge in [0.15, 0.2) is 17.5 Å². The van der Waals surface area contributed by atoms with Gasteiger partial charge in [-0.25, -0.2) is 15.0 Å². The number of carbonyl (C=O) groups is 12. The van der Waals surface area contributed by atoms with Crippen LogP contribution in [0.2, 0.25) is 0 Å². The number of hydrogen-bond acceptors (Lipinski definition) is 16. The molecule has 0 saturated heterocycles. The van der Waals surface area contributed by atoms with Crippen molar-refractivity contribution in [2.75, 3.05) is 82.8 Å². The average Bonchev–Trinajstić information content (AvgIpc) is 1.63. The molecule has 4 aromatic carbocycles. The van der Waals surface area contributed by atoms with Gasteiger partial charge in [-0.05, 0) is 115 Å². The Morgan fingerprint density at radius 1 is 0.383 bits per heavy atom. The monoisotopic (exact) mass is 1560 g/mol. The van der Waals surface area contributed by atoms with Crippen molar-refractivity contribution in [1.82, 2.24) is 77.7 Å². The first-order chi connectivity index (χ1) is 54.9. The number of anilines is 8. The highest BCUT2D eigenvalue weighted by Gasteiger charge is 2.28. The van der Waals surface area contributed by atoms with Crippen molar-refractivity contribution < 1.29 is 57.5 Å². The Balaban J connectivity index is 0.656. The van der Waals surface area contributed by atoms with Gasteiger partial charge >= 0.3 is 0 Å². The fourth-order valence-electron chi connectivity index (χ4n) is 13.5. The average molecular weight is 1570 g/mol. The molecular formula is C79H88N24O12. The molecule has 12 amide bonds. The van der Waals surface area contributed by atoms with E-state index in [2.05, 4.69) is 127 Å². The molecule has 1 atom stereocenters. The maximum Gasteiger partial charge on any atom is 0.292 e. The fourth-order valence-corrected chi connectivity index (χ4v) is 13.5. The third kappa shape index (κ3) is 19.0. The first kappa shape index (κ1) is 80.1. The van der Waals surface area contributed by atoms with Crippen molar-refractivity contribution in [3.05, 3.63) is 186 Å². The number of nitrogens with zero attached hydrogens (tertiary/aromatic N) is 12. The molecule has 12 N–H and O–H groups in total. The molecule has 0 spiro atoms. The van der Waals surface area contributed by atoms with Crippen LogP contribution >= 0.6 is 0 Å². The van der Waals surface area contributed by atoms with Crippen LogP contribution in [0.25, 0.3) is 32.3 Å². The summed E-state index contributed by atoms with van der Waals surface area (Å²) in [6, 6.07) is 24.9. The summed E-state index contributed by atoms with van der Waals surface area (Å²) in [5.74, 6) is -6.49. The number of hydrogen-bond donors (Lipinski definition) is 12. The summed E-state index contributed by atoms with van der Waals surface area (Å²) in [6.07, 6.45) is 13.8. The first-order valence-electron chi connectivity index (χ1n) is 36.7. The molecular weight excluding hydrogens is 1480 g/mol. The summed E-state index contributed by atoms with van der Waals surface area (Å²) in [5, 5.41) is 39.7. The number of imidazole rings is 3. The van der Waals surface area contributed by atoms with Crippen molar-refractivity contribution in [2.45, 2.75) is 51.5 Å². The van der Waals surface area contributed by atoms with E-state index >= 15 is 0 Å². The predicted molar refractivity (Wildman–Crippen MR) is 432 cm³/mol. The van der Waals surface area contributed by atoms with Crippen LogP contribution in [0.4, 0.5) is 45.9 Å².